The molecule has 1 N–H and O–H groups in total. The second-order valence-corrected chi connectivity index (χ2v) is 9.39. The van der Waals surface area contributed by atoms with Crippen molar-refractivity contribution in [1.29, 1.82) is 0 Å². The second kappa shape index (κ2) is 6.64. The maximum atomic E-state index is 11.3. The maximum Gasteiger partial charge on any atom is 0.264 e. The van der Waals surface area contributed by atoms with Gasteiger partial charge in [0.15, 0.2) is 12.4 Å². The average molecular weight is 384 g/mol. The van der Waals surface area contributed by atoms with Crippen molar-refractivity contribution in [1.82, 2.24) is 0 Å². The fraction of sp³-hybridized carbons (Fsp3) is 1.00. The molecule has 0 aromatic rings. The van der Waals surface area contributed by atoms with Crippen molar-refractivity contribution in [2.45, 2.75) is 24.6 Å². The molecule has 4 atom stereocenters. The van der Waals surface area contributed by atoms with E-state index in [1.807, 2.05) is 0 Å². The lowest BCUT2D eigenvalue weighted by atomic mass is 10.1. The van der Waals surface area contributed by atoms with Gasteiger partial charge in [-0.2, -0.15) is 25.3 Å². The Hall–Kier alpha value is -0.350. The van der Waals surface area contributed by atoms with Gasteiger partial charge in [0, 0.05) is 0 Å². The quantitative estimate of drug-likeness (QED) is 0.477. The monoisotopic (exact) mass is 384 g/mol. The van der Waals surface area contributed by atoms with Gasteiger partial charge in [-0.1, -0.05) is 0 Å². The summed E-state index contributed by atoms with van der Waals surface area (Å²) in [6.45, 7) is -0.557. The summed E-state index contributed by atoms with van der Waals surface area (Å²) in [7, 11) is -12.3. The minimum absolute atomic E-state index is 0.557. The van der Waals surface area contributed by atoms with E-state index in [1.54, 1.807) is 0 Å². The van der Waals surface area contributed by atoms with E-state index in [4.69, 9.17) is 4.74 Å². The molecule has 132 valence electrons. The SMILES string of the molecule is CS(=O)(=O)O[C@@H]1[C@@H](OS(C)(=O)=O)[C@H](OS(C)(=O)=O)CO[C@@H]1O. The van der Waals surface area contributed by atoms with Gasteiger partial charge < -0.3 is 9.84 Å². The van der Waals surface area contributed by atoms with Crippen LogP contribution in [0.1, 0.15) is 0 Å². The topological polar surface area (TPSA) is 160 Å². The first-order valence-corrected chi connectivity index (χ1v) is 11.1. The fourth-order valence-electron chi connectivity index (χ4n) is 1.69. The fourth-order valence-corrected chi connectivity index (χ4v) is 3.55. The number of rotatable bonds is 6. The zero-order chi connectivity index (χ0) is 17.3. The molecule has 1 aliphatic rings. The van der Waals surface area contributed by atoms with Gasteiger partial charge in [0.05, 0.1) is 25.4 Å². The minimum atomic E-state index is -4.14. The van der Waals surface area contributed by atoms with Crippen LogP contribution in [0.5, 0.6) is 0 Å². The molecule has 0 aromatic heterocycles. The highest BCUT2D eigenvalue weighted by Crippen LogP contribution is 2.25. The van der Waals surface area contributed by atoms with Gasteiger partial charge in [0.2, 0.25) is 0 Å². The Morgan fingerprint density at radius 3 is 1.64 bits per heavy atom. The number of aliphatic hydroxyl groups is 1. The number of aliphatic hydroxyl groups excluding tert-OH is 1. The summed E-state index contributed by atoms with van der Waals surface area (Å²) in [4.78, 5) is 0. The largest absolute Gasteiger partial charge is 0.366 e. The summed E-state index contributed by atoms with van der Waals surface area (Å²) >= 11 is 0. The highest BCUT2D eigenvalue weighted by Gasteiger charge is 2.47. The van der Waals surface area contributed by atoms with Gasteiger partial charge in [-0.25, -0.2) is 0 Å². The summed E-state index contributed by atoms with van der Waals surface area (Å²) in [5.74, 6) is 0. The normalized spacial score (nSPS) is 31.1. The molecule has 22 heavy (non-hydrogen) atoms. The van der Waals surface area contributed by atoms with Crippen molar-refractivity contribution in [3.05, 3.63) is 0 Å². The van der Waals surface area contributed by atoms with Gasteiger partial charge in [0.1, 0.15) is 12.2 Å². The number of hydrogen-bond donors (Lipinski definition) is 1. The van der Waals surface area contributed by atoms with E-state index >= 15 is 0 Å². The molecule has 0 aliphatic carbocycles. The zero-order valence-electron chi connectivity index (χ0n) is 11.8. The number of hydrogen-bond acceptors (Lipinski definition) is 11. The number of ether oxygens (including phenoxy) is 1. The lowest BCUT2D eigenvalue weighted by Crippen LogP contribution is -2.57. The Kier molecular flexibility index (Phi) is 5.95. The van der Waals surface area contributed by atoms with E-state index in [-0.39, 0.29) is 0 Å². The van der Waals surface area contributed by atoms with Crippen LogP contribution in [0.3, 0.4) is 0 Å². The van der Waals surface area contributed by atoms with Gasteiger partial charge >= 0.3 is 0 Å². The van der Waals surface area contributed by atoms with Crippen LogP contribution in [0.25, 0.3) is 0 Å². The smallest absolute Gasteiger partial charge is 0.264 e. The summed E-state index contributed by atoms with van der Waals surface area (Å²) in [5, 5.41) is 9.62. The van der Waals surface area contributed by atoms with Crippen LogP contribution in [0, 0.1) is 0 Å². The summed E-state index contributed by atoms with van der Waals surface area (Å²) < 4.78 is 85.8. The van der Waals surface area contributed by atoms with Crippen molar-refractivity contribution < 1.29 is 47.6 Å². The molecule has 1 fully saturated rings. The van der Waals surface area contributed by atoms with Crippen LogP contribution in [0.15, 0.2) is 0 Å². The molecule has 0 spiro atoms. The van der Waals surface area contributed by atoms with Gasteiger partial charge in [-0.05, 0) is 0 Å². The third kappa shape index (κ3) is 6.82. The predicted molar refractivity (Wildman–Crippen MR) is 71.1 cm³/mol. The second-order valence-electron chi connectivity index (χ2n) is 4.59. The first-order valence-electron chi connectivity index (χ1n) is 5.62. The van der Waals surface area contributed by atoms with E-state index in [0.717, 1.165) is 0 Å². The molecule has 0 amide bonds. The lowest BCUT2D eigenvalue weighted by molar-refractivity contribution is -0.232. The van der Waals surface area contributed by atoms with Crippen molar-refractivity contribution in [2.75, 3.05) is 25.4 Å². The molecule has 0 saturated carbocycles. The van der Waals surface area contributed by atoms with Crippen molar-refractivity contribution in [2.24, 2.45) is 0 Å². The Balaban J connectivity index is 3.17. The van der Waals surface area contributed by atoms with Crippen LogP contribution in [-0.2, 0) is 47.6 Å². The Bertz CT molecular complexity index is 692. The van der Waals surface area contributed by atoms with E-state index in [9.17, 15) is 30.4 Å². The van der Waals surface area contributed by atoms with E-state index in [1.165, 1.54) is 0 Å². The molecular formula is C8H16O11S3. The highest BCUT2D eigenvalue weighted by atomic mass is 32.2. The Morgan fingerprint density at radius 1 is 0.818 bits per heavy atom. The molecule has 1 heterocycles. The average Bonchev–Trinajstić information content (AvgIpc) is 2.22. The van der Waals surface area contributed by atoms with Crippen LogP contribution in [0.2, 0.25) is 0 Å². The van der Waals surface area contributed by atoms with Crippen LogP contribution >= 0.6 is 0 Å². The van der Waals surface area contributed by atoms with Crippen molar-refractivity contribution in [3.63, 3.8) is 0 Å². The minimum Gasteiger partial charge on any atom is -0.366 e. The highest BCUT2D eigenvalue weighted by molar-refractivity contribution is 7.86. The third-order valence-electron chi connectivity index (χ3n) is 2.27. The molecule has 1 aliphatic heterocycles. The van der Waals surface area contributed by atoms with Gasteiger partial charge in [-0.15, -0.1) is 0 Å². The lowest BCUT2D eigenvalue weighted by Gasteiger charge is -2.37. The van der Waals surface area contributed by atoms with E-state index in [0.29, 0.717) is 18.8 Å². The van der Waals surface area contributed by atoms with E-state index < -0.39 is 61.6 Å². The van der Waals surface area contributed by atoms with E-state index in [2.05, 4.69) is 12.5 Å². The van der Waals surface area contributed by atoms with Crippen LogP contribution < -0.4 is 0 Å². The molecule has 1 rings (SSSR count). The van der Waals surface area contributed by atoms with Crippen LogP contribution in [-0.4, -0.2) is 80.3 Å². The maximum absolute atomic E-state index is 11.3. The standard InChI is InChI=1S/C8H16O11S3/c1-20(10,11)17-5-4-16-8(9)7(19-22(3,14)15)6(5)18-21(2,12)13/h5-9H,4H2,1-3H3/t5-,6+,7-,8+/m1/s1. The molecule has 0 bridgehead atoms. The molecule has 1 saturated heterocycles. The van der Waals surface area contributed by atoms with Crippen molar-refractivity contribution in [3.8, 4) is 0 Å². The molecule has 0 unspecified atom stereocenters. The first-order chi connectivity index (χ1) is 9.68. The summed E-state index contributed by atoms with van der Waals surface area (Å²) in [6.07, 6.45) is -4.96. The van der Waals surface area contributed by atoms with Gasteiger partial charge in [-0.3, -0.25) is 12.5 Å². The molecule has 14 heteroatoms. The summed E-state index contributed by atoms with van der Waals surface area (Å²) in [6, 6.07) is 0. The van der Waals surface area contributed by atoms with Crippen molar-refractivity contribution >= 4 is 30.4 Å². The molecule has 0 radical (unpaired) electrons. The molecule has 11 nitrogen and oxygen atoms in total. The summed E-state index contributed by atoms with van der Waals surface area (Å²) in [5.41, 5.74) is 0. The van der Waals surface area contributed by atoms with Crippen LogP contribution in [0.4, 0.5) is 0 Å². The zero-order valence-corrected chi connectivity index (χ0v) is 14.2. The third-order valence-corrected chi connectivity index (χ3v) is 4.01. The predicted octanol–water partition coefficient (Wildman–Crippen LogP) is -2.63. The Morgan fingerprint density at radius 2 is 1.23 bits per heavy atom. The van der Waals surface area contributed by atoms with Gasteiger partial charge in [0.25, 0.3) is 30.4 Å². The first kappa shape index (κ1) is 19.7. The molecule has 0 aromatic carbocycles. The molecular weight excluding hydrogens is 368 g/mol. The Labute approximate surface area is 128 Å².